The van der Waals surface area contributed by atoms with E-state index in [0.29, 0.717) is 0 Å². The number of benzene rings is 1. The lowest BCUT2D eigenvalue weighted by Gasteiger charge is -2.53. The molecule has 1 amide bonds. The zero-order valence-corrected chi connectivity index (χ0v) is 20.5. The number of aliphatic hydroxyl groups excluding tert-OH is 4. The number of rotatable bonds is 2. The lowest BCUT2D eigenvalue weighted by atomic mass is 9.55. The molecule has 36 heavy (non-hydrogen) atoms. The highest BCUT2D eigenvalue weighted by molar-refractivity contribution is 6.25. The Morgan fingerprint density at radius 1 is 1.08 bits per heavy atom. The van der Waals surface area contributed by atoms with Crippen LogP contribution in [0.2, 0.25) is 0 Å². The number of aliphatic hydroxyl groups is 5. The molecule has 0 saturated heterocycles. The summed E-state index contributed by atoms with van der Waals surface area (Å²) in [6, 6.07) is 2.57. The van der Waals surface area contributed by atoms with Gasteiger partial charge in [0, 0.05) is 17.0 Å². The first-order valence-corrected chi connectivity index (χ1v) is 11.4. The Balaban J connectivity index is 2.02. The highest BCUT2D eigenvalue weighted by atomic mass is 16.4. The second-order valence-corrected chi connectivity index (χ2v) is 10.8. The molecule has 0 bridgehead atoms. The molecule has 11 heteroatoms. The SMILES string of the molecule is CN(C)[C@@H]1C(=O)C(C(=O)NC(C)(C)C)=C(O)[C@@]2(O)C(=O)C3=C(O)c4c(O)cccc4[C@H](O)[C@H]3[C@H](O)[C@@H]12. The van der Waals surface area contributed by atoms with Crippen molar-refractivity contribution in [2.24, 2.45) is 11.8 Å². The van der Waals surface area contributed by atoms with Crippen LogP contribution in [0.1, 0.15) is 38.0 Å². The van der Waals surface area contributed by atoms with Gasteiger partial charge in [0.2, 0.25) is 5.78 Å². The van der Waals surface area contributed by atoms with E-state index < -0.39 is 87.1 Å². The summed E-state index contributed by atoms with van der Waals surface area (Å²) < 4.78 is 0. The third kappa shape index (κ3) is 3.38. The number of ketones is 2. The maximum Gasteiger partial charge on any atom is 0.258 e. The number of likely N-dealkylation sites (N-methyl/N-ethyl adjacent to an activating group) is 1. The first-order valence-electron chi connectivity index (χ1n) is 11.4. The number of carbonyl (C=O) groups is 3. The largest absolute Gasteiger partial charge is 0.508 e. The Morgan fingerprint density at radius 3 is 2.25 bits per heavy atom. The first kappa shape index (κ1) is 25.8. The Labute approximate surface area is 207 Å². The fraction of sp³-hybridized carbons (Fsp3) is 0.480. The van der Waals surface area contributed by atoms with Gasteiger partial charge in [-0.05, 0) is 46.5 Å². The molecule has 194 valence electrons. The van der Waals surface area contributed by atoms with Crippen LogP contribution in [-0.4, -0.2) is 90.4 Å². The van der Waals surface area contributed by atoms with Gasteiger partial charge in [0.1, 0.15) is 22.8 Å². The van der Waals surface area contributed by atoms with E-state index in [4.69, 9.17) is 0 Å². The van der Waals surface area contributed by atoms with Crippen LogP contribution in [0.4, 0.5) is 0 Å². The molecule has 1 aromatic carbocycles. The number of nitrogens with zero attached hydrogens (tertiary/aromatic N) is 1. The topological polar surface area (TPSA) is 188 Å². The van der Waals surface area contributed by atoms with Gasteiger partial charge in [-0.25, -0.2) is 0 Å². The number of amides is 1. The van der Waals surface area contributed by atoms with Crippen molar-refractivity contribution in [3.63, 3.8) is 0 Å². The molecule has 0 aliphatic heterocycles. The number of Topliss-reactive ketones (excluding diaryl/α,β-unsaturated/α-hetero) is 2. The molecule has 1 aromatic rings. The smallest absolute Gasteiger partial charge is 0.258 e. The first-order chi connectivity index (χ1) is 16.6. The summed E-state index contributed by atoms with van der Waals surface area (Å²) >= 11 is 0. The summed E-state index contributed by atoms with van der Waals surface area (Å²) in [5.41, 5.74) is -5.53. The summed E-state index contributed by atoms with van der Waals surface area (Å²) in [6.07, 6.45) is -3.43. The fourth-order valence-electron chi connectivity index (χ4n) is 5.63. The number of fused-ring (bicyclic) bond motifs is 3. The van der Waals surface area contributed by atoms with E-state index in [2.05, 4.69) is 5.32 Å². The Morgan fingerprint density at radius 2 is 1.69 bits per heavy atom. The highest BCUT2D eigenvalue weighted by Crippen LogP contribution is 2.55. The fourth-order valence-corrected chi connectivity index (χ4v) is 5.63. The number of hydrogen-bond donors (Lipinski definition) is 7. The normalized spacial score (nSPS) is 32.3. The maximum absolute atomic E-state index is 13.8. The molecule has 0 spiro atoms. The molecule has 3 aliphatic carbocycles. The molecule has 1 saturated carbocycles. The second kappa shape index (κ2) is 8.13. The van der Waals surface area contributed by atoms with Gasteiger partial charge in [-0.1, -0.05) is 12.1 Å². The van der Waals surface area contributed by atoms with Gasteiger partial charge < -0.3 is 36.0 Å². The van der Waals surface area contributed by atoms with Crippen LogP contribution < -0.4 is 5.32 Å². The van der Waals surface area contributed by atoms with Crippen molar-refractivity contribution in [1.82, 2.24) is 10.2 Å². The van der Waals surface area contributed by atoms with Gasteiger partial charge in [-0.15, -0.1) is 0 Å². The molecule has 0 unspecified atom stereocenters. The van der Waals surface area contributed by atoms with Gasteiger partial charge >= 0.3 is 0 Å². The third-order valence-corrected chi connectivity index (χ3v) is 7.09. The van der Waals surface area contributed by atoms with Gasteiger partial charge in [0.15, 0.2) is 11.4 Å². The minimum absolute atomic E-state index is 0.0343. The van der Waals surface area contributed by atoms with Crippen LogP contribution in [0, 0.1) is 11.8 Å². The Bertz CT molecular complexity index is 1240. The van der Waals surface area contributed by atoms with Crippen molar-refractivity contribution in [1.29, 1.82) is 0 Å². The lowest BCUT2D eigenvalue weighted by molar-refractivity contribution is -0.174. The third-order valence-electron chi connectivity index (χ3n) is 7.09. The van der Waals surface area contributed by atoms with E-state index in [0.717, 1.165) is 0 Å². The van der Waals surface area contributed by atoms with Crippen LogP contribution in [-0.2, 0) is 14.4 Å². The van der Waals surface area contributed by atoms with Crippen LogP contribution >= 0.6 is 0 Å². The quantitative estimate of drug-likeness (QED) is 0.268. The summed E-state index contributed by atoms with van der Waals surface area (Å²) in [7, 11) is 2.88. The van der Waals surface area contributed by atoms with Gasteiger partial charge in [-0.3, -0.25) is 19.3 Å². The van der Waals surface area contributed by atoms with E-state index in [-0.39, 0.29) is 11.1 Å². The van der Waals surface area contributed by atoms with Crippen LogP contribution in [0.25, 0.3) is 5.76 Å². The van der Waals surface area contributed by atoms with Crippen molar-refractivity contribution in [2.45, 2.75) is 50.2 Å². The minimum Gasteiger partial charge on any atom is -0.508 e. The number of hydrogen-bond acceptors (Lipinski definition) is 10. The van der Waals surface area contributed by atoms with Gasteiger partial charge in [0.25, 0.3) is 5.91 Å². The number of nitrogens with one attached hydrogen (secondary N) is 1. The molecular formula is C25H30N2O9. The van der Waals surface area contributed by atoms with E-state index in [1.165, 1.54) is 37.2 Å². The maximum atomic E-state index is 13.8. The number of aromatic hydroxyl groups is 1. The second-order valence-electron chi connectivity index (χ2n) is 10.8. The molecule has 0 aromatic heterocycles. The van der Waals surface area contributed by atoms with Crippen molar-refractivity contribution >= 4 is 23.2 Å². The predicted molar refractivity (Wildman–Crippen MR) is 126 cm³/mol. The molecule has 11 nitrogen and oxygen atoms in total. The standard InChI is InChI=1S/C25H30N2O9/c1-24(2,3)26-23(35)14-20(32)16(27(4)5)15-19(31)12-13(21(33)25(15,36)22(14)34)18(30)11-9(17(12)29)7-6-8-10(11)28/h6-8,12,15-17,19,28-31,34,36H,1-5H3,(H,26,35)/t12-,15+,16-,17-,19-,25-/m0/s1. The average molecular weight is 503 g/mol. The van der Waals surface area contributed by atoms with Gasteiger partial charge in [-0.2, -0.15) is 0 Å². The van der Waals surface area contributed by atoms with Crippen molar-refractivity contribution in [3.8, 4) is 5.75 Å². The minimum atomic E-state index is -2.99. The summed E-state index contributed by atoms with van der Waals surface area (Å²) in [5, 5.41) is 69.2. The molecule has 0 radical (unpaired) electrons. The van der Waals surface area contributed by atoms with E-state index >= 15 is 0 Å². The molecule has 3 aliphatic rings. The average Bonchev–Trinajstić information content (AvgIpc) is 2.75. The van der Waals surface area contributed by atoms with Gasteiger partial charge in [0.05, 0.1) is 29.7 Å². The predicted octanol–water partition coefficient (Wildman–Crippen LogP) is -0.145. The Hall–Kier alpha value is -3.25. The molecular weight excluding hydrogens is 472 g/mol. The van der Waals surface area contributed by atoms with Crippen LogP contribution in [0.15, 0.2) is 35.1 Å². The van der Waals surface area contributed by atoms with E-state index in [1.807, 2.05) is 0 Å². The van der Waals surface area contributed by atoms with Crippen molar-refractivity contribution in [3.05, 3.63) is 46.2 Å². The molecule has 4 rings (SSSR count). The molecule has 7 N–H and O–H groups in total. The molecule has 1 fully saturated rings. The zero-order valence-electron chi connectivity index (χ0n) is 20.5. The van der Waals surface area contributed by atoms with E-state index in [9.17, 15) is 45.0 Å². The van der Waals surface area contributed by atoms with E-state index in [1.54, 1.807) is 20.8 Å². The summed E-state index contributed by atoms with van der Waals surface area (Å²) in [5.74, 6) is -8.95. The molecule has 6 atom stereocenters. The number of phenols is 1. The lowest BCUT2D eigenvalue weighted by Crippen LogP contribution is -2.70. The highest BCUT2D eigenvalue weighted by Gasteiger charge is 2.68. The van der Waals surface area contributed by atoms with Crippen LogP contribution in [0.5, 0.6) is 5.75 Å². The monoisotopic (exact) mass is 502 g/mol. The van der Waals surface area contributed by atoms with Crippen LogP contribution in [0.3, 0.4) is 0 Å². The number of phenolic OH excluding ortho intramolecular Hbond substituents is 1. The van der Waals surface area contributed by atoms with Crippen molar-refractivity contribution in [2.75, 3.05) is 14.1 Å². The number of carbonyl (C=O) groups excluding carboxylic acids is 3. The Kier molecular flexibility index (Phi) is 5.84. The zero-order chi connectivity index (χ0) is 27.1. The summed E-state index contributed by atoms with van der Waals surface area (Å²) in [6.45, 7) is 4.90. The summed E-state index contributed by atoms with van der Waals surface area (Å²) in [4.78, 5) is 41.7. The molecule has 0 heterocycles. The van der Waals surface area contributed by atoms with Crippen molar-refractivity contribution < 1.29 is 45.0 Å².